The van der Waals surface area contributed by atoms with E-state index >= 15 is 0 Å². The summed E-state index contributed by atoms with van der Waals surface area (Å²) in [5.41, 5.74) is 9.81. The average Bonchev–Trinajstić information content (AvgIpc) is 3.61. The van der Waals surface area contributed by atoms with Gasteiger partial charge in [-0.05, 0) is 66.7 Å². The van der Waals surface area contributed by atoms with E-state index in [9.17, 15) is 0 Å². The highest BCUT2D eigenvalue weighted by molar-refractivity contribution is 6.10. The Kier molecular flexibility index (Phi) is 5.07. The maximum Gasteiger partial charge on any atom is 0.227 e. The lowest BCUT2D eigenvalue weighted by Gasteiger charge is -2.11. The minimum absolute atomic E-state index is 0.616. The number of aromatic nitrogens is 4. The van der Waals surface area contributed by atoms with Gasteiger partial charge in [-0.25, -0.2) is 9.97 Å². The fourth-order valence-electron chi connectivity index (χ4n) is 5.46. The van der Waals surface area contributed by atoms with Gasteiger partial charge in [0, 0.05) is 45.5 Å². The van der Waals surface area contributed by atoms with Crippen LogP contribution in [0.25, 0.3) is 72.6 Å². The van der Waals surface area contributed by atoms with Crippen molar-refractivity contribution in [2.45, 2.75) is 0 Å². The van der Waals surface area contributed by atoms with Crippen LogP contribution in [0.5, 0.6) is 0 Å². The van der Waals surface area contributed by atoms with Gasteiger partial charge in [0.1, 0.15) is 5.52 Å². The van der Waals surface area contributed by atoms with Crippen LogP contribution in [0, 0.1) is 0 Å². The predicted molar refractivity (Wildman–Crippen MR) is 160 cm³/mol. The topological polar surface area (TPSA) is 56.7 Å². The number of rotatable bonds is 4. The van der Waals surface area contributed by atoms with Crippen LogP contribution in [0.3, 0.4) is 0 Å². The second kappa shape index (κ2) is 9.03. The van der Waals surface area contributed by atoms with Crippen molar-refractivity contribution in [3.63, 3.8) is 0 Å². The highest BCUT2D eigenvalue weighted by Gasteiger charge is 2.16. The van der Waals surface area contributed by atoms with Crippen molar-refractivity contribution >= 4 is 32.9 Å². The number of hydrogen-bond donors (Lipinski definition) is 0. The smallest absolute Gasteiger partial charge is 0.227 e. The molecule has 5 nitrogen and oxygen atoms in total. The Labute approximate surface area is 230 Å². The second-order valence-corrected chi connectivity index (χ2v) is 9.77. The van der Waals surface area contributed by atoms with Crippen LogP contribution in [-0.2, 0) is 0 Å². The van der Waals surface area contributed by atoms with Crippen LogP contribution in [0.1, 0.15) is 0 Å². The summed E-state index contributed by atoms with van der Waals surface area (Å²) in [5.74, 6) is 0.616. The van der Waals surface area contributed by atoms with E-state index in [2.05, 4.69) is 88.4 Å². The molecule has 0 aliphatic heterocycles. The molecule has 0 saturated carbocycles. The van der Waals surface area contributed by atoms with Crippen LogP contribution < -0.4 is 0 Å². The lowest BCUT2D eigenvalue weighted by molar-refractivity contribution is 0.620. The van der Waals surface area contributed by atoms with Crippen molar-refractivity contribution in [3.8, 4) is 39.7 Å². The van der Waals surface area contributed by atoms with E-state index in [-0.39, 0.29) is 0 Å². The molecule has 4 aromatic heterocycles. The zero-order chi connectivity index (χ0) is 26.5. The van der Waals surface area contributed by atoms with Crippen molar-refractivity contribution < 1.29 is 4.42 Å². The Morgan fingerprint density at radius 3 is 2.20 bits per heavy atom. The highest BCUT2D eigenvalue weighted by atomic mass is 16.3. The van der Waals surface area contributed by atoms with Crippen LogP contribution >= 0.6 is 0 Å². The molecule has 0 bridgehead atoms. The third kappa shape index (κ3) is 3.68. The van der Waals surface area contributed by atoms with Crippen molar-refractivity contribution in [3.05, 3.63) is 134 Å². The molecule has 188 valence electrons. The van der Waals surface area contributed by atoms with Gasteiger partial charge < -0.3 is 8.98 Å². The lowest BCUT2D eigenvalue weighted by atomic mass is 10.1. The zero-order valence-electron chi connectivity index (χ0n) is 21.4. The molecule has 0 amide bonds. The molecule has 0 fully saturated rings. The number of benzene rings is 4. The number of para-hydroxylation sites is 3. The molecule has 0 radical (unpaired) electrons. The van der Waals surface area contributed by atoms with E-state index in [1.807, 2.05) is 42.5 Å². The summed E-state index contributed by atoms with van der Waals surface area (Å²) in [4.78, 5) is 13.9. The first-order chi connectivity index (χ1) is 19.8. The van der Waals surface area contributed by atoms with Crippen LogP contribution in [0.15, 0.2) is 138 Å². The number of fused-ring (bicyclic) bond motifs is 4. The molecule has 8 rings (SSSR count). The minimum atomic E-state index is 0.616. The maximum absolute atomic E-state index is 6.11. The van der Waals surface area contributed by atoms with E-state index in [4.69, 9.17) is 14.4 Å². The Bertz CT molecular complexity index is 2140. The van der Waals surface area contributed by atoms with Gasteiger partial charge in [-0.1, -0.05) is 54.6 Å². The van der Waals surface area contributed by atoms with Crippen molar-refractivity contribution in [2.75, 3.05) is 0 Å². The van der Waals surface area contributed by atoms with Gasteiger partial charge in [-0.3, -0.25) is 4.98 Å². The van der Waals surface area contributed by atoms with E-state index in [1.54, 1.807) is 12.4 Å². The standard InChI is InChI=1S/C35H22N4O/c1-3-13-32-27(9-1)28-16-15-25(35-38-31-10-2-4-14-34(31)40-35)22-33(28)39(32)26-8-5-7-24(21-26)30-12-6-11-29(37-30)23-17-19-36-20-18-23/h1-22H. The first-order valence-corrected chi connectivity index (χ1v) is 13.2. The van der Waals surface area contributed by atoms with Crippen LogP contribution in [0.2, 0.25) is 0 Å². The van der Waals surface area contributed by atoms with Gasteiger partial charge in [0.05, 0.1) is 22.4 Å². The van der Waals surface area contributed by atoms with Crippen molar-refractivity contribution in [1.82, 2.24) is 19.5 Å². The fourth-order valence-corrected chi connectivity index (χ4v) is 5.46. The average molecular weight is 515 g/mol. The largest absolute Gasteiger partial charge is 0.436 e. The summed E-state index contributed by atoms with van der Waals surface area (Å²) in [6.07, 6.45) is 3.59. The van der Waals surface area contributed by atoms with Crippen molar-refractivity contribution in [2.24, 2.45) is 0 Å². The minimum Gasteiger partial charge on any atom is -0.436 e. The number of nitrogens with zero attached hydrogens (tertiary/aromatic N) is 4. The lowest BCUT2D eigenvalue weighted by Crippen LogP contribution is -1.95. The molecule has 0 atom stereocenters. The zero-order valence-corrected chi connectivity index (χ0v) is 21.4. The third-order valence-electron chi connectivity index (χ3n) is 7.34. The summed E-state index contributed by atoms with van der Waals surface area (Å²) in [6, 6.07) is 41.5. The molecule has 40 heavy (non-hydrogen) atoms. The van der Waals surface area contributed by atoms with Crippen LogP contribution in [0.4, 0.5) is 0 Å². The summed E-state index contributed by atoms with van der Waals surface area (Å²) < 4.78 is 8.43. The number of hydrogen-bond acceptors (Lipinski definition) is 4. The van der Waals surface area contributed by atoms with E-state index in [0.29, 0.717) is 5.89 Å². The Hall–Kier alpha value is -5.55. The highest BCUT2D eigenvalue weighted by Crippen LogP contribution is 2.36. The Morgan fingerprint density at radius 1 is 0.525 bits per heavy atom. The summed E-state index contributed by atoms with van der Waals surface area (Å²) in [6.45, 7) is 0. The monoisotopic (exact) mass is 514 g/mol. The van der Waals surface area contributed by atoms with Gasteiger partial charge in [0.15, 0.2) is 5.58 Å². The Morgan fingerprint density at radius 2 is 1.30 bits per heavy atom. The molecule has 8 aromatic rings. The molecule has 0 unspecified atom stereocenters. The molecule has 4 heterocycles. The number of oxazole rings is 1. The normalized spacial score (nSPS) is 11.5. The predicted octanol–water partition coefficient (Wildman–Crippen LogP) is 8.72. The molecule has 0 aliphatic rings. The SMILES string of the molecule is c1cc(-c2cccc(-c3ccncc3)n2)cc(-n2c3ccccc3c3ccc(-c4nc5ccccc5o4)cc32)c1. The summed E-state index contributed by atoms with van der Waals surface area (Å²) in [7, 11) is 0. The van der Waals surface area contributed by atoms with Crippen LogP contribution in [-0.4, -0.2) is 19.5 Å². The molecule has 5 heteroatoms. The molecular weight excluding hydrogens is 492 g/mol. The quantitative estimate of drug-likeness (QED) is 0.236. The molecule has 0 aliphatic carbocycles. The summed E-state index contributed by atoms with van der Waals surface area (Å²) >= 11 is 0. The van der Waals surface area contributed by atoms with Gasteiger partial charge in [0.2, 0.25) is 5.89 Å². The summed E-state index contributed by atoms with van der Waals surface area (Å²) in [5, 5.41) is 2.38. The van der Waals surface area contributed by atoms with E-state index in [1.165, 1.54) is 10.8 Å². The van der Waals surface area contributed by atoms with E-state index in [0.717, 1.165) is 55.9 Å². The fraction of sp³-hybridized carbons (Fsp3) is 0. The molecule has 4 aromatic carbocycles. The Balaban J connectivity index is 1.30. The first-order valence-electron chi connectivity index (χ1n) is 13.2. The van der Waals surface area contributed by atoms with Gasteiger partial charge in [-0.2, -0.15) is 0 Å². The van der Waals surface area contributed by atoms with Gasteiger partial charge in [0.25, 0.3) is 0 Å². The molecule has 0 saturated heterocycles. The maximum atomic E-state index is 6.11. The molecular formula is C35H22N4O. The second-order valence-electron chi connectivity index (χ2n) is 9.77. The van der Waals surface area contributed by atoms with Gasteiger partial charge >= 0.3 is 0 Å². The third-order valence-corrected chi connectivity index (χ3v) is 7.34. The number of pyridine rings is 2. The molecule has 0 N–H and O–H groups in total. The first kappa shape index (κ1) is 22.4. The van der Waals surface area contributed by atoms with Gasteiger partial charge in [-0.15, -0.1) is 0 Å². The molecule has 0 spiro atoms. The van der Waals surface area contributed by atoms with Crippen molar-refractivity contribution in [1.29, 1.82) is 0 Å². The van der Waals surface area contributed by atoms with E-state index < -0.39 is 0 Å².